The molecule has 18 heavy (non-hydrogen) atoms. The summed E-state index contributed by atoms with van der Waals surface area (Å²) in [6.45, 7) is 12.3. The van der Waals surface area contributed by atoms with E-state index in [9.17, 15) is 0 Å². The Hall–Kier alpha value is -0.870. The Balaban J connectivity index is 1.91. The molecule has 1 N–H and O–H groups in total. The van der Waals surface area contributed by atoms with Crippen LogP contribution in [0.3, 0.4) is 0 Å². The van der Waals surface area contributed by atoms with Crippen molar-refractivity contribution in [3.8, 4) is 0 Å². The van der Waals surface area contributed by atoms with Crippen molar-refractivity contribution in [2.75, 3.05) is 26.2 Å². The summed E-state index contributed by atoms with van der Waals surface area (Å²) in [4.78, 5) is 6.93. The predicted molar refractivity (Wildman–Crippen MR) is 74.6 cm³/mol. The molecule has 1 saturated heterocycles. The SMILES string of the molecule is CCC(C)C1CNCCN1CCn1ccnc1C. The molecular weight excluding hydrogens is 224 g/mol. The van der Waals surface area contributed by atoms with Gasteiger partial charge in [-0.05, 0) is 12.8 Å². The summed E-state index contributed by atoms with van der Waals surface area (Å²) in [6.07, 6.45) is 5.22. The van der Waals surface area contributed by atoms with Crippen LogP contribution in [0.25, 0.3) is 0 Å². The van der Waals surface area contributed by atoms with Gasteiger partial charge in [0.05, 0.1) is 0 Å². The van der Waals surface area contributed by atoms with Crippen LogP contribution in [0.15, 0.2) is 12.4 Å². The Morgan fingerprint density at radius 1 is 1.50 bits per heavy atom. The van der Waals surface area contributed by atoms with Gasteiger partial charge in [0, 0.05) is 51.2 Å². The normalized spacial score (nSPS) is 23.2. The van der Waals surface area contributed by atoms with Crippen LogP contribution in [0, 0.1) is 12.8 Å². The molecule has 0 aliphatic carbocycles. The molecule has 0 aromatic carbocycles. The fraction of sp³-hybridized carbons (Fsp3) is 0.786. The zero-order chi connectivity index (χ0) is 13.0. The molecule has 0 radical (unpaired) electrons. The van der Waals surface area contributed by atoms with Gasteiger partial charge < -0.3 is 9.88 Å². The molecule has 0 saturated carbocycles. The smallest absolute Gasteiger partial charge is 0.105 e. The number of nitrogens with one attached hydrogen (secondary N) is 1. The van der Waals surface area contributed by atoms with E-state index in [4.69, 9.17) is 0 Å². The van der Waals surface area contributed by atoms with Gasteiger partial charge in [-0.15, -0.1) is 0 Å². The summed E-state index contributed by atoms with van der Waals surface area (Å²) in [5.74, 6) is 1.88. The molecule has 0 bridgehead atoms. The molecule has 2 rings (SSSR count). The van der Waals surface area contributed by atoms with Crippen LogP contribution < -0.4 is 5.32 Å². The van der Waals surface area contributed by atoms with Crippen molar-refractivity contribution in [2.24, 2.45) is 5.92 Å². The van der Waals surface area contributed by atoms with Gasteiger partial charge in [-0.25, -0.2) is 4.98 Å². The van der Waals surface area contributed by atoms with E-state index in [1.54, 1.807) is 0 Å². The first-order chi connectivity index (χ1) is 8.72. The van der Waals surface area contributed by atoms with Gasteiger partial charge in [-0.2, -0.15) is 0 Å². The van der Waals surface area contributed by atoms with Crippen molar-refractivity contribution in [1.82, 2.24) is 19.8 Å². The van der Waals surface area contributed by atoms with Gasteiger partial charge in [-0.1, -0.05) is 20.3 Å². The first kappa shape index (κ1) is 13.6. The van der Waals surface area contributed by atoms with Gasteiger partial charge in [0.25, 0.3) is 0 Å². The van der Waals surface area contributed by atoms with Crippen LogP contribution in [-0.2, 0) is 6.54 Å². The minimum atomic E-state index is 0.688. The molecule has 4 nitrogen and oxygen atoms in total. The number of aromatic nitrogens is 2. The highest BCUT2D eigenvalue weighted by atomic mass is 15.2. The number of hydrogen-bond donors (Lipinski definition) is 1. The number of nitrogens with zero attached hydrogens (tertiary/aromatic N) is 3. The van der Waals surface area contributed by atoms with Gasteiger partial charge >= 0.3 is 0 Å². The van der Waals surface area contributed by atoms with E-state index < -0.39 is 0 Å². The second-order valence-electron chi connectivity index (χ2n) is 5.36. The van der Waals surface area contributed by atoms with Crippen LogP contribution in [-0.4, -0.2) is 46.7 Å². The zero-order valence-electron chi connectivity index (χ0n) is 11.9. The van der Waals surface area contributed by atoms with Crippen LogP contribution in [0.1, 0.15) is 26.1 Å². The first-order valence-corrected chi connectivity index (χ1v) is 7.15. The van der Waals surface area contributed by atoms with E-state index in [-0.39, 0.29) is 0 Å². The molecule has 0 spiro atoms. The lowest BCUT2D eigenvalue weighted by molar-refractivity contribution is 0.112. The van der Waals surface area contributed by atoms with Gasteiger partial charge in [0.15, 0.2) is 0 Å². The Labute approximate surface area is 110 Å². The molecule has 4 heteroatoms. The van der Waals surface area contributed by atoms with Crippen molar-refractivity contribution in [1.29, 1.82) is 0 Å². The second kappa shape index (κ2) is 6.34. The van der Waals surface area contributed by atoms with E-state index >= 15 is 0 Å². The monoisotopic (exact) mass is 250 g/mol. The minimum absolute atomic E-state index is 0.688. The maximum atomic E-state index is 4.28. The van der Waals surface area contributed by atoms with Crippen LogP contribution in [0.2, 0.25) is 0 Å². The molecule has 1 fully saturated rings. The molecule has 1 aliphatic rings. The van der Waals surface area contributed by atoms with Crippen LogP contribution in [0.4, 0.5) is 0 Å². The average molecular weight is 250 g/mol. The summed E-state index contributed by atoms with van der Waals surface area (Å²) in [6, 6.07) is 0.688. The van der Waals surface area contributed by atoms with E-state index in [1.165, 1.54) is 13.0 Å². The molecule has 2 atom stereocenters. The molecule has 102 valence electrons. The van der Waals surface area contributed by atoms with E-state index in [0.29, 0.717) is 6.04 Å². The van der Waals surface area contributed by atoms with Crippen molar-refractivity contribution in [3.63, 3.8) is 0 Å². The Morgan fingerprint density at radius 3 is 3.00 bits per heavy atom. The standard InChI is InChI=1S/C14H26N4/c1-4-12(2)14-11-15-5-7-18(14)10-9-17-8-6-16-13(17)3/h6,8,12,14-15H,4-5,7,9-11H2,1-3H3. The molecule has 1 aromatic rings. The third-order valence-corrected chi connectivity index (χ3v) is 4.25. The van der Waals surface area contributed by atoms with E-state index in [2.05, 4.69) is 46.7 Å². The van der Waals surface area contributed by atoms with Gasteiger partial charge in [0.2, 0.25) is 0 Å². The van der Waals surface area contributed by atoms with Crippen molar-refractivity contribution >= 4 is 0 Å². The Bertz CT molecular complexity index is 360. The lowest BCUT2D eigenvalue weighted by Crippen LogP contribution is -2.54. The van der Waals surface area contributed by atoms with Crippen molar-refractivity contribution in [3.05, 3.63) is 18.2 Å². The van der Waals surface area contributed by atoms with Gasteiger partial charge in [0.1, 0.15) is 5.82 Å². The summed E-state index contributed by atoms with van der Waals surface area (Å²) in [5, 5.41) is 3.52. The molecule has 2 unspecified atom stereocenters. The minimum Gasteiger partial charge on any atom is -0.334 e. The lowest BCUT2D eigenvalue weighted by Gasteiger charge is -2.39. The molecule has 1 aromatic heterocycles. The van der Waals surface area contributed by atoms with Crippen molar-refractivity contribution in [2.45, 2.75) is 39.8 Å². The highest BCUT2D eigenvalue weighted by Gasteiger charge is 2.25. The molecule has 2 heterocycles. The lowest BCUT2D eigenvalue weighted by atomic mass is 9.96. The highest BCUT2D eigenvalue weighted by Crippen LogP contribution is 2.16. The number of piperazine rings is 1. The maximum Gasteiger partial charge on any atom is 0.105 e. The zero-order valence-corrected chi connectivity index (χ0v) is 11.9. The third kappa shape index (κ3) is 3.12. The second-order valence-corrected chi connectivity index (χ2v) is 5.36. The fourth-order valence-corrected chi connectivity index (χ4v) is 2.75. The first-order valence-electron chi connectivity index (χ1n) is 7.15. The fourth-order valence-electron chi connectivity index (χ4n) is 2.75. The molecule has 1 aliphatic heterocycles. The average Bonchev–Trinajstić information content (AvgIpc) is 2.81. The summed E-state index contributed by atoms with van der Waals surface area (Å²) in [7, 11) is 0. The third-order valence-electron chi connectivity index (χ3n) is 4.25. The van der Waals surface area contributed by atoms with Crippen LogP contribution >= 0.6 is 0 Å². The number of rotatable bonds is 5. The largest absolute Gasteiger partial charge is 0.334 e. The van der Waals surface area contributed by atoms with Crippen molar-refractivity contribution < 1.29 is 0 Å². The van der Waals surface area contributed by atoms with Crippen LogP contribution in [0.5, 0.6) is 0 Å². The van der Waals surface area contributed by atoms with E-state index in [1.807, 2.05) is 6.20 Å². The highest BCUT2D eigenvalue weighted by molar-refractivity contribution is 4.89. The number of hydrogen-bond acceptors (Lipinski definition) is 3. The van der Waals surface area contributed by atoms with E-state index in [0.717, 1.165) is 37.9 Å². The molecule has 0 amide bonds. The Kier molecular flexibility index (Phi) is 4.78. The topological polar surface area (TPSA) is 33.1 Å². The number of imidazole rings is 1. The quantitative estimate of drug-likeness (QED) is 0.860. The number of aryl methyl sites for hydroxylation is 1. The Morgan fingerprint density at radius 2 is 2.33 bits per heavy atom. The van der Waals surface area contributed by atoms with Gasteiger partial charge in [-0.3, -0.25) is 4.90 Å². The summed E-state index contributed by atoms with van der Waals surface area (Å²) >= 11 is 0. The maximum absolute atomic E-state index is 4.28. The summed E-state index contributed by atoms with van der Waals surface area (Å²) in [5.41, 5.74) is 0. The molecular formula is C14H26N4. The predicted octanol–water partition coefficient (Wildman–Crippen LogP) is 1.51. The summed E-state index contributed by atoms with van der Waals surface area (Å²) < 4.78 is 2.25.